The highest BCUT2D eigenvalue weighted by atomic mass is 35.5. The third-order valence-electron chi connectivity index (χ3n) is 3.14. The van der Waals surface area contributed by atoms with Crippen molar-refractivity contribution in [2.75, 3.05) is 0 Å². The van der Waals surface area contributed by atoms with E-state index in [0.29, 0.717) is 6.04 Å². The predicted molar refractivity (Wildman–Crippen MR) is 76.4 cm³/mol. The highest BCUT2D eigenvalue weighted by Crippen LogP contribution is 2.26. The van der Waals surface area contributed by atoms with Crippen LogP contribution < -0.4 is 0 Å². The quantitative estimate of drug-likeness (QED) is 0.765. The van der Waals surface area contributed by atoms with E-state index in [0.717, 1.165) is 40.1 Å². The van der Waals surface area contributed by atoms with Gasteiger partial charge in [-0.3, -0.25) is 0 Å². The first-order chi connectivity index (χ1) is 8.17. The number of rotatable bonds is 4. The molecular formula is C13H17ClN2S. The second kappa shape index (κ2) is 5.23. The van der Waals surface area contributed by atoms with E-state index >= 15 is 0 Å². The molecule has 1 unspecified atom stereocenters. The molecule has 2 nitrogen and oxygen atoms in total. The van der Waals surface area contributed by atoms with Crippen molar-refractivity contribution in [2.24, 2.45) is 0 Å². The number of hydrogen-bond acceptors (Lipinski definition) is 1. The molecule has 1 heterocycles. The van der Waals surface area contributed by atoms with Crippen LogP contribution in [0.5, 0.6) is 0 Å². The molecule has 0 saturated heterocycles. The van der Waals surface area contributed by atoms with Gasteiger partial charge in [-0.2, -0.15) is 0 Å². The lowest BCUT2D eigenvalue weighted by Crippen LogP contribution is -2.07. The average molecular weight is 269 g/mol. The zero-order valence-electron chi connectivity index (χ0n) is 10.2. The molecule has 1 aromatic heterocycles. The minimum atomic E-state index is 0.458. The van der Waals surface area contributed by atoms with Gasteiger partial charge in [0, 0.05) is 11.1 Å². The summed E-state index contributed by atoms with van der Waals surface area (Å²) >= 11 is 11.5. The van der Waals surface area contributed by atoms with Gasteiger partial charge in [-0.05, 0) is 43.3 Å². The highest BCUT2D eigenvalue weighted by molar-refractivity contribution is 7.71. The summed E-state index contributed by atoms with van der Waals surface area (Å²) in [5, 5.41) is 0.756. The van der Waals surface area contributed by atoms with Crippen LogP contribution in [0.2, 0.25) is 5.02 Å². The fraction of sp³-hybridized carbons (Fsp3) is 0.462. The third kappa shape index (κ3) is 2.40. The Kier molecular flexibility index (Phi) is 3.89. The van der Waals surface area contributed by atoms with Crippen molar-refractivity contribution < 1.29 is 0 Å². The Morgan fingerprint density at radius 3 is 2.82 bits per heavy atom. The zero-order chi connectivity index (χ0) is 12.4. The van der Waals surface area contributed by atoms with Gasteiger partial charge in [0.15, 0.2) is 4.77 Å². The fourth-order valence-electron chi connectivity index (χ4n) is 2.31. The summed E-state index contributed by atoms with van der Waals surface area (Å²) < 4.78 is 3.00. The summed E-state index contributed by atoms with van der Waals surface area (Å²) in [6, 6.07) is 6.32. The smallest absolute Gasteiger partial charge is 0.178 e. The maximum Gasteiger partial charge on any atom is 0.178 e. The average Bonchev–Trinajstić information content (AvgIpc) is 2.62. The SMILES string of the molecule is CCCC(CC)n1c(=S)[nH]c2ccc(Cl)cc21. The van der Waals surface area contributed by atoms with Crippen LogP contribution in [0.4, 0.5) is 0 Å². The summed E-state index contributed by atoms with van der Waals surface area (Å²) in [5.41, 5.74) is 2.18. The van der Waals surface area contributed by atoms with Crippen LogP contribution in [0.1, 0.15) is 39.2 Å². The van der Waals surface area contributed by atoms with Gasteiger partial charge in [-0.15, -0.1) is 0 Å². The second-order valence-electron chi connectivity index (χ2n) is 4.31. The molecular weight excluding hydrogens is 252 g/mol. The first-order valence-electron chi connectivity index (χ1n) is 6.07. The van der Waals surface area contributed by atoms with Gasteiger partial charge >= 0.3 is 0 Å². The van der Waals surface area contributed by atoms with Gasteiger partial charge < -0.3 is 9.55 Å². The van der Waals surface area contributed by atoms with Gasteiger partial charge in [0.05, 0.1) is 11.0 Å². The third-order valence-corrected chi connectivity index (χ3v) is 3.67. The van der Waals surface area contributed by atoms with Gasteiger partial charge in [0.25, 0.3) is 0 Å². The van der Waals surface area contributed by atoms with Crippen molar-refractivity contribution in [1.29, 1.82) is 0 Å². The van der Waals surface area contributed by atoms with Gasteiger partial charge in [-0.1, -0.05) is 31.9 Å². The molecule has 0 aliphatic heterocycles. The molecule has 1 atom stereocenters. The van der Waals surface area contributed by atoms with Crippen molar-refractivity contribution in [2.45, 2.75) is 39.2 Å². The number of aromatic amines is 1. The minimum absolute atomic E-state index is 0.458. The van der Waals surface area contributed by atoms with Crippen molar-refractivity contribution >= 4 is 34.9 Å². The number of benzene rings is 1. The number of imidazole rings is 1. The Labute approximate surface area is 112 Å². The summed E-state index contributed by atoms with van der Waals surface area (Å²) in [6.07, 6.45) is 3.39. The zero-order valence-corrected chi connectivity index (χ0v) is 11.7. The van der Waals surface area contributed by atoms with Crippen molar-refractivity contribution in [3.63, 3.8) is 0 Å². The molecule has 92 valence electrons. The van der Waals surface area contributed by atoms with Crippen LogP contribution in [0.3, 0.4) is 0 Å². The maximum atomic E-state index is 6.06. The van der Waals surface area contributed by atoms with E-state index in [1.807, 2.05) is 18.2 Å². The van der Waals surface area contributed by atoms with E-state index in [4.69, 9.17) is 23.8 Å². The van der Waals surface area contributed by atoms with E-state index in [1.54, 1.807) is 0 Å². The Morgan fingerprint density at radius 1 is 1.41 bits per heavy atom. The Hall–Kier alpha value is -0.800. The molecule has 2 rings (SSSR count). The fourth-order valence-corrected chi connectivity index (χ4v) is 2.83. The molecule has 0 fully saturated rings. The summed E-state index contributed by atoms with van der Waals surface area (Å²) in [4.78, 5) is 3.25. The summed E-state index contributed by atoms with van der Waals surface area (Å²) in [5.74, 6) is 0. The largest absolute Gasteiger partial charge is 0.331 e. The van der Waals surface area contributed by atoms with E-state index in [-0.39, 0.29) is 0 Å². The van der Waals surface area contributed by atoms with Crippen LogP contribution in [-0.2, 0) is 0 Å². The molecule has 2 aromatic rings. The second-order valence-corrected chi connectivity index (χ2v) is 5.14. The summed E-state index contributed by atoms with van der Waals surface area (Å²) in [6.45, 7) is 4.40. The van der Waals surface area contributed by atoms with Crippen molar-refractivity contribution in [3.05, 3.63) is 28.0 Å². The van der Waals surface area contributed by atoms with E-state index in [2.05, 4.69) is 23.4 Å². The molecule has 0 radical (unpaired) electrons. The number of halogens is 1. The normalized spacial score (nSPS) is 13.1. The van der Waals surface area contributed by atoms with Crippen LogP contribution in [0.25, 0.3) is 11.0 Å². The molecule has 0 spiro atoms. The summed E-state index contributed by atoms with van der Waals surface area (Å²) in [7, 11) is 0. The Morgan fingerprint density at radius 2 is 2.18 bits per heavy atom. The van der Waals surface area contributed by atoms with E-state index in [1.165, 1.54) is 0 Å². The molecule has 4 heteroatoms. The Bertz CT molecular complexity index is 570. The number of aromatic nitrogens is 2. The van der Waals surface area contributed by atoms with Crippen molar-refractivity contribution in [1.82, 2.24) is 9.55 Å². The topological polar surface area (TPSA) is 20.7 Å². The lowest BCUT2D eigenvalue weighted by Gasteiger charge is -2.16. The lowest BCUT2D eigenvalue weighted by atomic mass is 10.1. The first kappa shape index (κ1) is 12.7. The first-order valence-corrected chi connectivity index (χ1v) is 6.85. The number of hydrogen-bond donors (Lipinski definition) is 1. The molecule has 1 N–H and O–H groups in total. The van der Waals surface area contributed by atoms with Gasteiger partial charge in [0.2, 0.25) is 0 Å². The van der Waals surface area contributed by atoms with Gasteiger partial charge in [0.1, 0.15) is 0 Å². The van der Waals surface area contributed by atoms with Gasteiger partial charge in [-0.25, -0.2) is 0 Å². The number of nitrogens with one attached hydrogen (secondary N) is 1. The standard InChI is InChI=1S/C13H17ClN2S/c1-3-5-10(4-2)16-12-8-9(14)6-7-11(12)15-13(16)17/h6-8,10H,3-5H2,1-2H3,(H,15,17). The molecule has 17 heavy (non-hydrogen) atoms. The molecule has 0 saturated carbocycles. The molecule has 0 aliphatic carbocycles. The van der Waals surface area contributed by atoms with Crippen LogP contribution in [0, 0.1) is 4.77 Å². The number of H-pyrrole nitrogens is 1. The molecule has 0 amide bonds. The minimum Gasteiger partial charge on any atom is -0.331 e. The maximum absolute atomic E-state index is 6.06. The predicted octanol–water partition coefficient (Wildman–Crippen LogP) is 5.10. The number of nitrogens with zero attached hydrogens (tertiary/aromatic N) is 1. The highest BCUT2D eigenvalue weighted by Gasteiger charge is 2.13. The monoisotopic (exact) mass is 268 g/mol. The molecule has 0 bridgehead atoms. The van der Waals surface area contributed by atoms with E-state index in [9.17, 15) is 0 Å². The molecule has 0 aliphatic rings. The lowest BCUT2D eigenvalue weighted by molar-refractivity contribution is 0.454. The molecule has 1 aromatic carbocycles. The Balaban J connectivity index is 2.62. The van der Waals surface area contributed by atoms with Crippen molar-refractivity contribution in [3.8, 4) is 0 Å². The number of fused-ring (bicyclic) bond motifs is 1. The van der Waals surface area contributed by atoms with E-state index < -0.39 is 0 Å². The van der Waals surface area contributed by atoms with Crippen LogP contribution >= 0.6 is 23.8 Å². The van der Waals surface area contributed by atoms with Crippen LogP contribution in [-0.4, -0.2) is 9.55 Å². The van der Waals surface area contributed by atoms with Crippen LogP contribution in [0.15, 0.2) is 18.2 Å².